The minimum Gasteiger partial charge on any atom is -0.497 e. The number of hydrogen-bond donors (Lipinski definition) is 1. The standard InChI is InChI=1S/C24H21NO5/c1-28-17-11-7-15(8-12-17)21(22-19-5-3-4-6-20(19)30-24(22)26)23(25-27)16-9-13-18(29-2)14-10-16/h3-14,21-22,27H,1-2H3/t21-,22-/m1/s1. The Kier molecular flexibility index (Phi) is 5.39. The molecule has 30 heavy (non-hydrogen) atoms. The lowest BCUT2D eigenvalue weighted by atomic mass is 9.77. The maximum atomic E-state index is 12.9. The van der Waals surface area contributed by atoms with Crippen LogP contribution in [-0.2, 0) is 4.79 Å². The molecule has 152 valence electrons. The third-order valence-electron chi connectivity index (χ3n) is 5.31. The summed E-state index contributed by atoms with van der Waals surface area (Å²) in [6.45, 7) is 0. The number of carbonyl (C=O) groups is 1. The summed E-state index contributed by atoms with van der Waals surface area (Å²) in [6, 6.07) is 21.9. The van der Waals surface area contributed by atoms with Crippen LogP contribution in [0.2, 0.25) is 0 Å². The molecule has 0 saturated heterocycles. The van der Waals surface area contributed by atoms with Crippen molar-refractivity contribution in [3.8, 4) is 17.2 Å². The quantitative estimate of drug-likeness (QED) is 0.217. The van der Waals surface area contributed by atoms with Crippen LogP contribution >= 0.6 is 0 Å². The Hall–Kier alpha value is -3.80. The topological polar surface area (TPSA) is 77.4 Å². The lowest BCUT2D eigenvalue weighted by molar-refractivity contribution is -0.134. The number of oxime groups is 1. The van der Waals surface area contributed by atoms with Crippen LogP contribution < -0.4 is 14.2 Å². The van der Waals surface area contributed by atoms with Crippen molar-refractivity contribution in [2.75, 3.05) is 14.2 Å². The molecule has 0 bridgehead atoms. The van der Waals surface area contributed by atoms with Crippen molar-refractivity contribution >= 4 is 11.7 Å². The highest BCUT2D eigenvalue weighted by atomic mass is 16.5. The van der Waals surface area contributed by atoms with Gasteiger partial charge in [0.15, 0.2) is 0 Å². The monoisotopic (exact) mass is 403 g/mol. The fourth-order valence-corrected chi connectivity index (χ4v) is 3.83. The summed E-state index contributed by atoms with van der Waals surface area (Å²) in [6.07, 6.45) is 0. The van der Waals surface area contributed by atoms with Crippen molar-refractivity contribution in [1.29, 1.82) is 0 Å². The van der Waals surface area contributed by atoms with E-state index >= 15 is 0 Å². The van der Waals surface area contributed by atoms with Gasteiger partial charge in [0.05, 0.1) is 25.8 Å². The zero-order valence-electron chi connectivity index (χ0n) is 16.6. The number of hydrogen-bond acceptors (Lipinski definition) is 6. The predicted octanol–water partition coefficient (Wildman–Crippen LogP) is 4.37. The molecule has 4 rings (SSSR count). The third kappa shape index (κ3) is 3.48. The van der Waals surface area contributed by atoms with Crippen molar-refractivity contribution in [1.82, 2.24) is 0 Å². The van der Waals surface area contributed by atoms with Gasteiger partial charge in [0.1, 0.15) is 17.2 Å². The number of esters is 1. The molecular weight excluding hydrogens is 382 g/mol. The molecule has 1 heterocycles. The van der Waals surface area contributed by atoms with Gasteiger partial charge in [-0.3, -0.25) is 4.79 Å². The molecule has 0 spiro atoms. The molecule has 1 N–H and O–H groups in total. The summed E-state index contributed by atoms with van der Waals surface area (Å²) in [5, 5.41) is 13.6. The van der Waals surface area contributed by atoms with Crippen molar-refractivity contribution in [2.45, 2.75) is 11.8 Å². The molecule has 0 radical (unpaired) electrons. The first kappa shape index (κ1) is 19.5. The number of ether oxygens (including phenoxy) is 3. The summed E-state index contributed by atoms with van der Waals surface area (Å²) < 4.78 is 16.0. The van der Waals surface area contributed by atoms with Gasteiger partial charge in [0.2, 0.25) is 0 Å². The van der Waals surface area contributed by atoms with E-state index in [1.54, 1.807) is 44.6 Å². The van der Waals surface area contributed by atoms with Crippen LogP contribution in [-0.4, -0.2) is 31.1 Å². The largest absolute Gasteiger partial charge is 0.497 e. The van der Waals surface area contributed by atoms with Gasteiger partial charge < -0.3 is 19.4 Å². The fraction of sp³-hybridized carbons (Fsp3) is 0.167. The van der Waals surface area contributed by atoms with Crippen LogP contribution in [0.1, 0.15) is 28.5 Å². The molecule has 0 aromatic heterocycles. The van der Waals surface area contributed by atoms with E-state index in [0.29, 0.717) is 28.5 Å². The van der Waals surface area contributed by atoms with Crippen LogP contribution in [0.4, 0.5) is 0 Å². The fourth-order valence-electron chi connectivity index (χ4n) is 3.83. The zero-order valence-corrected chi connectivity index (χ0v) is 16.6. The average molecular weight is 403 g/mol. The average Bonchev–Trinajstić information content (AvgIpc) is 3.13. The third-order valence-corrected chi connectivity index (χ3v) is 5.31. The number of carbonyl (C=O) groups excluding carboxylic acids is 1. The molecule has 2 atom stereocenters. The van der Waals surface area contributed by atoms with E-state index in [1.807, 2.05) is 42.5 Å². The van der Waals surface area contributed by atoms with E-state index in [-0.39, 0.29) is 5.97 Å². The molecule has 3 aromatic carbocycles. The Morgan fingerprint density at radius 3 is 2.13 bits per heavy atom. The summed E-state index contributed by atoms with van der Waals surface area (Å²) in [5.41, 5.74) is 2.61. The number of para-hydroxylation sites is 1. The molecule has 0 saturated carbocycles. The first-order valence-electron chi connectivity index (χ1n) is 9.47. The number of nitrogens with zero attached hydrogens (tertiary/aromatic N) is 1. The second kappa shape index (κ2) is 8.29. The Bertz CT molecular complexity index is 1070. The molecule has 0 fully saturated rings. The Balaban J connectivity index is 1.85. The molecule has 6 nitrogen and oxygen atoms in total. The maximum absolute atomic E-state index is 12.9. The number of benzene rings is 3. The van der Waals surface area contributed by atoms with E-state index in [9.17, 15) is 10.0 Å². The summed E-state index contributed by atoms with van der Waals surface area (Å²) in [7, 11) is 3.18. The second-order valence-corrected chi connectivity index (χ2v) is 6.90. The van der Waals surface area contributed by atoms with Gasteiger partial charge in [-0.2, -0.15) is 0 Å². The van der Waals surface area contributed by atoms with E-state index in [0.717, 1.165) is 11.1 Å². The lowest BCUT2D eigenvalue weighted by Gasteiger charge is -2.23. The molecule has 0 unspecified atom stereocenters. The summed E-state index contributed by atoms with van der Waals surface area (Å²) in [4.78, 5) is 12.9. The van der Waals surface area contributed by atoms with Gasteiger partial charge in [-0.15, -0.1) is 0 Å². The minimum absolute atomic E-state index is 0.362. The molecule has 6 heteroatoms. The van der Waals surface area contributed by atoms with E-state index < -0.39 is 11.8 Å². The van der Waals surface area contributed by atoms with Crippen molar-refractivity contribution in [3.63, 3.8) is 0 Å². The zero-order chi connectivity index (χ0) is 21.1. The summed E-state index contributed by atoms with van der Waals surface area (Å²) in [5.74, 6) is 0.305. The minimum atomic E-state index is -0.650. The van der Waals surface area contributed by atoms with Gasteiger partial charge >= 0.3 is 5.97 Å². The first-order valence-corrected chi connectivity index (χ1v) is 9.47. The van der Waals surface area contributed by atoms with Crippen LogP contribution in [0, 0.1) is 0 Å². The molecule has 1 aliphatic rings. The Labute approximate surface area is 174 Å². The molecule has 1 aliphatic heterocycles. The van der Waals surface area contributed by atoms with Gasteiger partial charge in [-0.05, 0) is 48.0 Å². The van der Waals surface area contributed by atoms with Crippen LogP contribution in [0.3, 0.4) is 0 Å². The van der Waals surface area contributed by atoms with Crippen molar-refractivity contribution in [2.24, 2.45) is 5.16 Å². The van der Waals surface area contributed by atoms with E-state index in [4.69, 9.17) is 14.2 Å². The van der Waals surface area contributed by atoms with Crippen LogP contribution in [0.25, 0.3) is 0 Å². The van der Waals surface area contributed by atoms with Crippen molar-refractivity contribution in [3.05, 3.63) is 89.5 Å². The molecular formula is C24H21NO5. The smallest absolute Gasteiger partial charge is 0.320 e. The van der Waals surface area contributed by atoms with Crippen LogP contribution in [0.5, 0.6) is 17.2 Å². The highest BCUT2D eigenvalue weighted by Crippen LogP contribution is 2.45. The number of rotatable bonds is 6. The Morgan fingerprint density at radius 1 is 0.933 bits per heavy atom. The molecule has 3 aromatic rings. The predicted molar refractivity (Wildman–Crippen MR) is 112 cm³/mol. The second-order valence-electron chi connectivity index (χ2n) is 6.90. The Morgan fingerprint density at radius 2 is 1.53 bits per heavy atom. The lowest BCUT2D eigenvalue weighted by Crippen LogP contribution is -2.26. The highest BCUT2D eigenvalue weighted by molar-refractivity contribution is 6.08. The summed E-state index contributed by atoms with van der Waals surface area (Å²) >= 11 is 0. The number of fused-ring (bicyclic) bond motifs is 1. The maximum Gasteiger partial charge on any atom is 0.320 e. The van der Waals surface area contributed by atoms with Crippen molar-refractivity contribution < 1.29 is 24.2 Å². The van der Waals surface area contributed by atoms with Gasteiger partial charge in [-0.25, -0.2) is 0 Å². The SMILES string of the molecule is COc1ccc(C(=NO)[C@H](c2ccc(OC)cc2)[C@@H]2C(=O)Oc3ccccc32)cc1. The number of methoxy groups -OCH3 is 2. The van der Waals surface area contributed by atoms with Gasteiger partial charge in [0.25, 0.3) is 0 Å². The van der Waals surface area contributed by atoms with E-state index in [1.165, 1.54) is 0 Å². The van der Waals surface area contributed by atoms with Gasteiger partial charge in [0, 0.05) is 17.0 Å². The normalized spacial score (nSPS) is 16.5. The highest BCUT2D eigenvalue weighted by Gasteiger charge is 2.42. The molecule has 0 amide bonds. The van der Waals surface area contributed by atoms with E-state index in [2.05, 4.69) is 5.16 Å². The molecule has 0 aliphatic carbocycles. The first-order chi connectivity index (χ1) is 14.7. The van der Waals surface area contributed by atoms with Gasteiger partial charge in [-0.1, -0.05) is 35.5 Å². The van der Waals surface area contributed by atoms with Crippen LogP contribution in [0.15, 0.2) is 78.0 Å².